The van der Waals surface area contributed by atoms with Crippen LogP contribution in [0.3, 0.4) is 0 Å². The molecule has 29 heavy (non-hydrogen) atoms. The van der Waals surface area contributed by atoms with Crippen molar-refractivity contribution in [2.45, 2.75) is 24.1 Å². The van der Waals surface area contributed by atoms with Crippen LogP contribution in [0.1, 0.15) is 24.2 Å². The lowest BCUT2D eigenvalue weighted by atomic mass is 10.1. The lowest BCUT2D eigenvalue weighted by Gasteiger charge is -2.09. The number of nitrogens with one attached hydrogen (secondary N) is 2. The van der Waals surface area contributed by atoms with E-state index in [-0.39, 0.29) is 16.7 Å². The van der Waals surface area contributed by atoms with Crippen LogP contribution in [-0.2, 0) is 4.79 Å². The standard InChI is InChI=1S/C20H19N3O5S/c1-12(24)14-4-6-15(7-5-14)21-18(25)13(2)29-19-20(26)28-22-23(19)16-8-10-17(27-3)11-9-16/h4-11,13H,1-3H3,(H-,21,22,24,25,26)/p+1. The van der Waals surface area contributed by atoms with Crippen molar-refractivity contribution in [3.8, 4) is 11.4 Å². The van der Waals surface area contributed by atoms with Gasteiger partial charge in [-0.05, 0) is 72.0 Å². The Morgan fingerprint density at radius 3 is 2.38 bits per heavy atom. The van der Waals surface area contributed by atoms with Crippen LogP contribution in [0.2, 0.25) is 0 Å². The first-order valence-electron chi connectivity index (χ1n) is 8.75. The Labute approximate surface area is 170 Å². The van der Waals surface area contributed by atoms with Gasteiger partial charge >= 0.3 is 10.7 Å². The van der Waals surface area contributed by atoms with Gasteiger partial charge in [-0.1, -0.05) is 0 Å². The zero-order chi connectivity index (χ0) is 21.0. The van der Waals surface area contributed by atoms with E-state index in [1.165, 1.54) is 11.6 Å². The van der Waals surface area contributed by atoms with E-state index in [1.807, 2.05) is 0 Å². The number of aromatic nitrogens is 2. The first-order chi connectivity index (χ1) is 13.9. The van der Waals surface area contributed by atoms with Crippen LogP contribution in [0.5, 0.6) is 5.75 Å². The molecule has 2 N–H and O–H groups in total. The first-order valence-corrected chi connectivity index (χ1v) is 9.63. The largest absolute Gasteiger partial charge is 0.497 e. The number of methoxy groups -OCH3 is 1. The minimum Gasteiger partial charge on any atom is -0.497 e. The van der Waals surface area contributed by atoms with Crippen LogP contribution in [0.4, 0.5) is 5.69 Å². The fourth-order valence-electron chi connectivity index (χ4n) is 2.52. The number of hydrogen-bond acceptors (Lipinski definition) is 6. The number of carbonyl (C=O) groups is 2. The van der Waals surface area contributed by atoms with Crippen LogP contribution in [-0.4, -0.2) is 29.3 Å². The first kappa shape index (κ1) is 20.4. The molecule has 0 aliphatic rings. The number of nitrogens with zero attached hydrogens (tertiary/aromatic N) is 1. The van der Waals surface area contributed by atoms with Gasteiger partial charge in [0.2, 0.25) is 11.6 Å². The molecule has 8 nitrogen and oxygen atoms in total. The molecule has 0 spiro atoms. The number of ether oxygens (including phenoxy) is 1. The van der Waals surface area contributed by atoms with E-state index < -0.39 is 10.9 Å². The SMILES string of the molecule is COc1ccc(-[n+]2[nH]oc(=O)c2SC(C)C(=O)Nc2ccc(C(C)=O)cc2)cc1. The Hall–Kier alpha value is -3.33. The number of rotatable bonds is 7. The molecule has 1 heterocycles. The van der Waals surface area contributed by atoms with Crippen LogP contribution >= 0.6 is 11.8 Å². The van der Waals surface area contributed by atoms with Gasteiger partial charge in [0, 0.05) is 23.4 Å². The van der Waals surface area contributed by atoms with Crippen molar-refractivity contribution in [3.63, 3.8) is 0 Å². The molecule has 1 atom stereocenters. The van der Waals surface area contributed by atoms with Gasteiger partial charge in [-0.3, -0.25) is 14.1 Å². The van der Waals surface area contributed by atoms with Gasteiger partial charge in [0.1, 0.15) is 5.75 Å². The van der Waals surface area contributed by atoms with E-state index in [0.717, 1.165) is 11.8 Å². The summed E-state index contributed by atoms with van der Waals surface area (Å²) in [6.45, 7) is 3.17. The van der Waals surface area contributed by atoms with Crippen molar-refractivity contribution in [2.75, 3.05) is 12.4 Å². The molecule has 1 unspecified atom stereocenters. The van der Waals surface area contributed by atoms with Gasteiger partial charge in [-0.25, -0.2) is 4.79 Å². The fourth-order valence-corrected chi connectivity index (χ4v) is 3.41. The monoisotopic (exact) mass is 414 g/mol. The molecule has 1 aromatic heterocycles. The van der Waals surface area contributed by atoms with Crippen molar-refractivity contribution in [1.29, 1.82) is 0 Å². The molecule has 0 fully saturated rings. The number of hydrogen-bond donors (Lipinski definition) is 2. The second-order valence-corrected chi connectivity index (χ2v) is 7.53. The number of benzene rings is 2. The maximum Gasteiger partial charge on any atom is 0.442 e. The molecule has 0 aliphatic carbocycles. The molecule has 0 bridgehead atoms. The minimum absolute atomic E-state index is 0.0472. The van der Waals surface area contributed by atoms with Crippen molar-refractivity contribution in [2.24, 2.45) is 0 Å². The van der Waals surface area contributed by atoms with E-state index >= 15 is 0 Å². The molecule has 2 aromatic carbocycles. The average Bonchev–Trinajstić information content (AvgIpc) is 3.08. The van der Waals surface area contributed by atoms with Crippen LogP contribution in [0.15, 0.2) is 62.9 Å². The van der Waals surface area contributed by atoms with Gasteiger partial charge in [0.05, 0.1) is 12.4 Å². The highest BCUT2D eigenvalue weighted by molar-refractivity contribution is 8.00. The number of Topliss-reactive ketones (excluding diaryl/α,β-unsaturated/α-hetero) is 1. The van der Waals surface area contributed by atoms with E-state index in [1.54, 1.807) is 62.6 Å². The Kier molecular flexibility index (Phi) is 6.18. The van der Waals surface area contributed by atoms with Gasteiger partial charge in [-0.15, -0.1) is 0 Å². The predicted octanol–water partition coefficient (Wildman–Crippen LogP) is 2.58. The quantitative estimate of drug-likeness (QED) is 0.350. The summed E-state index contributed by atoms with van der Waals surface area (Å²) < 4.78 is 11.5. The molecule has 1 amide bonds. The zero-order valence-electron chi connectivity index (χ0n) is 16.1. The molecular weight excluding hydrogens is 394 g/mol. The molecule has 3 aromatic rings. The summed E-state index contributed by atoms with van der Waals surface area (Å²) >= 11 is 1.07. The summed E-state index contributed by atoms with van der Waals surface area (Å²) in [5, 5.41) is 4.98. The van der Waals surface area contributed by atoms with Crippen LogP contribution < -0.4 is 20.4 Å². The molecule has 0 saturated carbocycles. The van der Waals surface area contributed by atoms with Crippen molar-refractivity contribution in [3.05, 3.63) is 64.5 Å². The number of amides is 1. The highest BCUT2D eigenvalue weighted by Gasteiger charge is 2.29. The number of aromatic amines is 1. The average molecular weight is 414 g/mol. The van der Waals surface area contributed by atoms with Gasteiger partial charge < -0.3 is 10.1 Å². The highest BCUT2D eigenvalue weighted by Crippen LogP contribution is 2.21. The van der Waals surface area contributed by atoms with E-state index in [0.29, 0.717) is 22.7 Å². The summed E-state index contributed by atoms with van der Waals surface area (Å²) in [5.74, 6) is 0.347. The Bertz CT molecular complexity index is 1070. The molecule has 150 valence electrons. The fraction of sp³-hybridized carbons (Fsp3) is 0.200. The summed E-state index contributed by atoms with van der Waals surface area (Å²) in [6.07, 6.45) is 0. The van der Waals surface area contributed by atoms with Gasteiger partial charge in [0.25, 0.3) is 0 Å². The second kappa shape index (κ2) is 8.78. The maximum absolute atomic E-state index is 12.5. The molecule has 0 saturated heterocycles. The number of thioether (sulfide) groups is 1. The summed E-state index contributed by atoms with van der Waals surface area (Å²) in [7, 11) is 1.57. The predicted molar refractivity (Wildman–Crippen MR) is 108 cm³/mol. The van der Waals surface area contributed by atoms with Gasteiger partial charge in [0.15, 0.2) is 5.78 Å². The Balaban J connectivity index is 1.73. The number of H-pyrrole nitrogens is 1. The molecule has 0 radical (unpaired) electrons. The van der Waals surface area contributed by atoms with Crippen molar-refractivity contribution < 1.29 is 23.5 Å². The lowest BCUT2D eigenvalue weighted by Crippen LogP contribution is -2.37. The van der Waals surface area contributed by atoms with Crippen molar-refractivity contribution in [1.82, 2.24) is 5.27 Å². The Morgan fingerprint density at radius 2 is 1.79 bits per heavy atom. The third kappa shape index (κ3) is 4.75. The smallest absolute Gasteiger partial charge is 0.442 e. The van der Waals surface area contributed by atoms with E-state index in [4.69, 9.17) is 9.26 Å². The Morgan fingerprint density at radius 1 is 1.14 bits per heavy atom. The van der Waals surface area contributed by atoms with Gasteiger partial charge in [-0.2, -0.15) is 0 Å². The molecular formula is C20H20N3O5S+. The third-order valence-electron chi connectivity index (χ3n) is 4.15. The molecule has 0 aliphatic heterocycles. The van der Waals surface area contributed by atoms with E-state index in [9.17, 15) is 14.4 Å². The van der Waals surface area contributed by atoms with E-state index in [2.05, 4.69) is 10.6 Å². The zero-order valence-corrected chi connectivity index (χ0v) is 16.9. The van der Waals surface area contributed by atoms with Crippen molar-refractivity contribution >= 4 is 29.1 Å². The third-order valence-corrected chi connectivity index (χ3v) is 5.29. The summed E-state index contributed by atoms with van der Waals surface area (Å²) in [5.41, 5.74) is 1.22. The number of anilines is 1. The number of carbonyl (C=O) groups excluding carboxylic acids is 2. The highest BCUT2D eigenvalue weighted by atomic mass is 32.2. The maximum atomic E-state index is 12.5. The second-order valence-electron chi connectivity index (χ2n) is 6.20. The summed E-state index contributed by atoms with van der Waals surface area (Å²) in [6, 6.07) is 13.6. The lowest BCUT2D eigenvalue weighted by molar-refractivity contribution is -0.704. The minimum atomic E-state index is -0.578. The molecule has 3 rings (SSSR count). The summed E-state index contributed by atoms with van der Waals surface area (Å²) in [4.78, 5) is 36.0. The van der Waals surface area contributed by atoms with Crippen LogP contribution in [0.25, 0.3) is 5.69 Å². The number of ketones is 1. The normalized spacial score (nSPS) is 11.7. The van der Waals surface area contributed by atoms with Crippen LogP contribution in [0, 0.1) is 0 Å². The topological polar surface area (TPSA) is 105 Å². The molecule has 9 heteroatoms.